The van der Waals surface area contributed by atoms with Crippen LogP contribution in [0.5, 0.6) is 0 Å². The molecule has 2 atom stereocenters. The van der Waals surface area contributed by atoms with Gasteiger partial charge in [-0.25, -0.2) is 4.79 Å². The van der Waals surface area contributed by atoms with Gasteiger partial charge in [-0.15, -0.1) is 0 Å². The molecule has 0 radical (unpaired) electrons. The Morgan fingerprint density at radius 1 is 0.759 bits per heavy atom. The molecule has 1 saturated heterocycles. The molecule has 0 aromatic heterocycles. The van der Waals surface area contributed by atoms with Crippen LogP contribution in [0.1, 0.15) is 41.6 Å². The van der Waals surface area contributed by atoms with Crippen molar-refractivity contribution in [1.82, 2.24) is 4.90 Å². The molecule has 0 spiro atoms. The van der Waals surface area contributed by atoms with Gasteiger partial charge in [0.1, 0.15) is 12.4 Å². The second kappa shape index (κ2) is 8.74. The Balaban J connectivity index is 1.66. The van der Waals surface area contributed by atoms with Crippen molar-refractivity contribution in [2.24, 2.45) is 0 Å². The van der Waals surface area contributed by atoms with Crippen LogP contribution in [0.25, 0.3) is 0 Å². The zero-order valence-corrected chi connectivity index (χ0v) is 16.1. The molecule has 1 amide bonds. The maximum atomic E-state index is 13.2. The van der Waals surface area contributed by atoms with E-state index in [0.717, 1.165) is 16.7 Å². The Bertz CT molecular complexity index is 906. The van der Waals surface area contributed by atoms with Gasteiger partial charge in [0, 0.05) is 12.8 Å². The van der Waals surface area contributed by atoms with E-state index in [1.807, 2.05) is 91.0 Å². The first-order chi connectivity index (χ1) is 14.2. The van der Waals surface area contributed by atoms with E-state index in [1.165, 1.54) is 0 Å². The minimum Gasteiger partial charge on any atom is -0.445 e. The summed E-state index contributed by atoms with van der Waals surface area (Å²) in [4.78, 5) is 27.6. The summed E-state index contributed by atoms with van der Waals surface area (Å²) < 4.78 is 5.68. The van der Waals surface area contributed by atoms with Crippen LogP contribution in [0, 0.1) is 0 Å². The maximum Gasteiger partial charge on any atom is 0.411 e. The number of piperidine rings is 1. The topological polar surface area (TPSA) is 46.6 Å². The predicted molar refractivity (Wildman–Crippen MR) is 111 cm³/mol. The number of amides is 1. The predicted octanol–water partition coefficient (Wildman–Crippen LogP) is 5.47. The summed E-state index contributed by atoms with van der Waals surface area (Å²) in [7, 11) is 0. The third kappa shape index (κ3) is 4.37. The summed E-state index contributed by atoms with van der Waals surface area (Å²) >= 11 is 0. The molecule has 1 heterocycles. The maximum absolute atomic E-state index is 13.2. The van der Waals surface area contributed by atoms with E-state index in [0.29, 0.717) is 12.8 Å². The van der Waals surface area contributed by atoms with Gasteiger partial charge in [0.05, 0.1) is 12.1 Å². The number of benzene rings is 3. The number of carbonyl (C=O) groups excluding carboxylic acids is 2. The van der Waals surface area contributed by atoms with E-state index < -0.39 is 6.09 Å². The van der Waals surface area contributed by atoms with E-state index >= 15 is 0 Å². The molecule has 4 rings (SSSR count). The molecule has 4 nitrogen and oxygen atoms in total. The lowest BCUT2D eigenvalue weighted by Crippen LogP contribution is -2.43. The van der Waals surface area contributed by atoms with Crippen molar-refractivity contribution in [3.63, 3.8) is 0 Å². The van der Waals surface area contributed by atoms with Crippen LogP contribution < -0.4 is 0 Å². The largest absolute Gasteiger partial charge is 0.445 e. The van der Waals surface area contributed by atoms with Crippen LogP contribution >= 0.6 is 0 Å². The smallest absolute Gasteiger partial charge is 0.411 e. The molecular weight excluding hydrogens is 362 g/mol. The molecule has 1 fully saturated rings. The van der Waals surface area contributed by atoms with E-state index in [4.69, 9.17) is 4.74 Å². The number of carbonyl (C=O) groups is 2. The van der Waals surface area contributed by atoms with E-state index in [9.17, 15) is 9.59 Å². The first kappa shape index (κ1) is 18.9. The Morgan fingerprint density at radius 2 is 1.21 bits per heavy atom. The highest BCUT2D eigenvalue weighted by atomic mass is 16.6. The van der Waals surface area contributed by atoms with Crippen molar-refractivity contribution in [3.05, 3.63) is 108 Å². The highest BCUT2D eigenvalue weighted by Gasteiger charge is 2.40. The van der Waals surface area contributed by atoms with Gasteiger partial charge >= 0.3 is 6.09 Å². The number of Topliss-reactive ketones (excluding diaryl/α,β-unsaturated/α-hetero) is 1. The van der Waals surface area contributed by atoms with Gasteiger partial charge in [0.15, 0.2) is 0 Å². The third-order valence-electron chi connectivity index (χ3n) is 5.30. The summed E-state index contributed by atoms with van der Waals surface area (Å²) in [6, 6.07) is 28.4. The second-order valence-electron chi connectivity index (χ2n) is 7.25. The van der Waals surface area contributed by atoms with Crippen molar-refractivity contribution < 1.29 is 14.3 Å². The molecule has 0 aliphatic carbocycles. The minimum atomic E-state index is -0.399. The van der Waals surface area contributed by atoms with Gasteiger partial charge < -0.3 is 4.74 Å². The number of hydrogen-bond donors (Lipinski definition) is 0. The van der Waals surface area contributed by atoms with Gasteiger partial charge in [-0.1, -0.05) is 91.0 Å². The molecule has 3 aromatic carbocycles. The van der Waals surface area contributed by atoms with Gasteiger partial charge in [-0.3, -0.25) is 9.69 Å². The number of ether oxygens (including phenoxy) is 1. The van der Waals surface area contributed by atoms with Crippen molar-refractivity contribution in [2.45, 2.75) is 31.5 Å². The van der Waals surface area contributed by atoms with Crippen LogP contribution in [-0.4, -0.2) is 16.8 Å². The van der Waals surface area contributed by atoms with E-state index in [1.54, 1.807) is 4.90 Å². The van der Waals surface area contributed by atoms with Crippen LogP contribution in [0.2, 0.25) is 0 Å². The van der Waals surface area contributed by atoms with E-state index in [-0.39, 0.29) is 24.5 Å². The number of ketones is 1. The summed E-state index contributed by atoms with van der Waals surface area (Å²) in [6.07, 6.45) is 0.200. The molecule has 146 valence electrons. The Labute approximate surface area is 170 Å². The average Bonchev–Trinajstić information content (AvgIpc) is 2.79. The molecule has 29 heavy (non-hydrogen) atoms. The molecule has 4 heteroatoms. The van der Waals surface area contributed by atoms with Gasteiger partial charge in [-0.05, 0) is 16.7 Å². The van der Waals surface area contributed by atoms with Crippen LogP contribution in [0.4, 0.5) is 4.79 Å². The fourth-order valence-corrected chi connectivity index (χ4v) is 3.88. The lowest BCUT2D eigenvalue weighted by atomic mass is 9.87. The third-order valence-corrected chi connectivity index (χ3v) is 5.30. The lowest BCUT2D eigenvalue weighted by molar-refractivity contribution is -0.125. The van der Waals surface area contributed by atoms with Crippen LogP contribution in [-0.2, 0) is 16.1 Å². The zero-order valence-electron chi connectivity index (χ0n) is 16.1. The Kier molecular flexibility index (Phi) is 5.71. The van der Waals surface area contributed by atoms with Crippen molar-refractivity contribution in [3.8, 4) is 0 Å². The normalized spacial score (nSPS) is 19.0. The SMILES string of the molecule is O=C1C[C@H](c2ccccc2)N(C(=O)OCc2ccccc2)[C@@H](c2ccccc2)C1. The molecular formula is C25H23NO3. The molecule has 0 unspecified atom stereocenters. The molecule has 1 aliphatic rings. The second-order valence-corrected chi connectivity index (χ2v) is 7.25. The molecule has 0 saturated carbocycles. The van der Waals surface area contributed by atoms with Crippen LogP contribution in [0.3, 0.4) is 0 Å². The standard InChI is InChI=1S/C25H23NO3/c27-22-16-23(20-12-6-2-7-13-20)26(24(17-22)21-14-8-3-9-15-21)25(28)29-18-19-10-4-1-5-11-19/h1-15,23-24H,16-18H2/t23-,24-/m1/s1. The molecule has 1 aliphatic heterocycles. The van der Waals surface area contributed by atoms with Gasteiger partial charge in [-0.2, -0.15) is 0 Å². The monoisotopic (exact) mass is 385 g/mol. The quantitative estimate of drug-likeness (QED) is 0.598. The number of likely N-dealkylation sites (tertiary alicyclic amines) is 1. The summed E-state index contributed by atoms with van der Waals surface area (Å²) in [5, 5.41) is 0. The van der Waals surface area contributed by atoms with E-state index in [2.05, 4.69) is 0 Å². The number of nitrogens with zero attached hydrogens (tertiary/aromatic N) is 1. The Hall–Kier alpha value is -3.40. The lowest BCUT2D eigenvalue weighted by Gasteiger charge is -2.41. The molecule has 3 aromatic rings. The highest BCUT2D eigenvalue weighted by Crippen LogP contribution is 2.40. The van der Waals surface area contributed by atoms with Crippen LogP contribution in [0.15, 0.2) is 91.0 Å². The molecule has 0 N–H and O–H groups in total. The fourth-order valence-electron chi connectivity index (χ4n) is 3.88. The first-order valence-electron chi connectivity index (χ1n) is 9.83. The highest BCUT2D eigenvalue weighted by molar-refractivity contribution is 5.83. The van der Waals surface area contributed by atoms with Crippen molar-refractivity contribution >= 4 is 11.9 Å². The fraction of sp³-hybridized carbons (Fsp3) is 0.200. The number of hydrogen-bond acceptors (Lipinski definition) is 3. The summed E-state index contributed by atoms with van der Waals surface area (Å²) in [6.45, 7) is 0.202. The minimum absolute atomic E-state index is 0.153. The van der Waals surface area contributed by atoms with Gasteiger partial charge in [0.25, 0.3) is 0 Å². The van der Waals surface area contributed by atoms with Crippen molar-refractivity contribution in [1.29, 1.82) is 0 Å². The number of rotatable bonds is 4. The zero-order chi connectivity index (χ0) is 20.1. The summed E-state index contributed by atoms with van der Waals surface area (Å²) in [5.41, 5.74) is 2.82. The Morgan fingerprint density at radius 3 is 1.69 bits per heavy atom. The van der Waals surface area contributed by atoms with Gasteiger partial charge in [0.2, 0.25) is 0 Å². The van der Waals surface area contributed by atoms with Crippen molar-refractivity contribution in [2.75, 3.05) is 0 Å². The average molecular weight is 385 g/mol. The molecule has 0 bridgehead atoms. The first-order valence-corrected chi connectivity index (χ1v) is 9.83. The summed E-state index contributed by atoms with van der Waals surface area (Å²) in [5.74, 6) is 0.153.